The molecule has 0 radical (unpaired) electrons. The molecule has 0 aliphatic carbocycles. The highest BCUT2D eigenvalue weighted by atomic mass is 35.5. The Kier molecular flexibility index (Phi) is 6.67. The van der Waals surface area contributed by atoms with Gasteiger partial charge >= 0.3 is 6.09 Å². The maximum absolute atomic E-state index is 12.1. The van der Waals surface area contributed by atoms with E-state index in [4.69, 9.17) is 16.3 Å². The van der Waals surface area contributed by atoms with Crippen LogP contribution >= 0.6 is 11.6 Å². The van der Waals surface area contributed by atoms with E-state index in [1.807, 2.05) is 37.8 Å². The second kappa shape index (κ2) is 8.54. The molecule has 0 spiro atoms. The second-order valence-electron chi connectivity index (χ2n) is 7.15. The molecule has 25 heavy (non-hydrogen) atoms. The SMILES string of the molecule is CC(C)(C)OC(=O)N1CCN(CC(=O)NCc2ccc(Cl)cc2)CC1. The summed E-state index contributed by atoms with van der Waals surface area (Å²) >= 11 is 5.84. The number of rotatable bonds is 4. The van der Waals surface area contributed by atoms with Gasteiger partial charge in [-0.2, -0.15) is 0 Å². The predicted molar refractivity (Wildman–Crippen MR) is 97.5 cm³/mol. The number of carbonyl (C=O) groups is 2. The van der Waals surface area contributed by atoms with Crippen molar-refractivity contribution >= 4 is 23.6 Å². The van der Waals surface area contributed by atoms with Crippen molar-refractivity contribution in [2.75, 3.05) is 32.7 Å². The van der Waals surface area contributed by atoms with Crippen molar-refractivity contribution in [2.24, 2.45) is 0 Å². The molecule has 2 amide bonds. The summed E-state index contributed by atoms with van der Waals surface area (Å²) in [4.78, 5) is 27.8. The second-order valence-corrected chi connectivity index (χ2v) is 7.58. The van der Waals surface area contributed by atoms with Crippen LogP contribution in [0.5, 0.6) is 0 Å². The minimum Gasteiger partial charge on any atom is -0.444 e. The number of halogens is 1. The number of nitrogens with zero attached hydrogens (tertiary/aromatic N) is 2. The van der Waals surface area contributed by atoms with Crippen LogP contribution < -0.4 is 5.32 Å². The van der Waals surface area contributed by atoms with E-state index < -0.39 is 5.60 Å². The fourth-order valence-electron chi connectivity index (χ4n) is 2.48. The molecule has 0 atom stereocenters. The van der Waals surface area contributed by atoms with Crippen molar-refractivity contribution < 1.29 is 14.3 Å². The van der Waals surface area contributed by atoms with Crippen LogP contribution in [0.2, 0.25) is 5.02 Å². The van der Waals surface area contributed by atoms with Gasteiger partial charge in [0.2, 0.25) is 5.91 Å². The minimum atomic E-state index is -0.490. The molecule has 1 fully saturated rings. The molecule has 138 valence electrons. The average molecular weight is 368 g/mol. The van der Waals surface area contributed by atoms with Gasteiger partial charge in [-0.05, 0) is 38.5 Å². The van der Waals surface area contributed by atoms with E-state index in [1.165, 1.54) is 0 Å². The maximum Gasteiger partial charge on any atom is 0.410 e. The molecule has 0 saturated carbocycles. The normalized spacial score (nSPS) is 15.8. The third kappa shape index (κ3) is 6.92. The third-order valence-electron chi connectivity index (χ3n) is 3.79. The number of ether oxygens (including phenoxy) is 1. The first-order valence-electron chi connectivity index (χ1n) is 8.44. The molecular formula is C18H26ClN3O3. The molecule has 1 aromatic rings. The summed E-state index contributed by atoms with van der Waals surface area (Å²) in [5, 5.41) is 3.58. The number of hydrogen-bond acceptors (Lipinski definition) is 4. The van der Waals surface area contributed by atoms with Crippen molar-refractivity contribution in [1.29, 1.82) is 0 Å². The van der Waals surface area contributed by atoms with Crippen LogP contribution in [-0.2, 0) is 16.1 Å². The molecule has 1 heterocycles. The molecule has 1 aromatic carbocycles. The van der Waals surface area contributed by atoms with Gasteiger partial charge in [0.25, 0.3) is 0 Å². The Morgan fingerprint density at radius 2 is 1.72 bits per heavy atom. The average Bonchev–Trinajstić information content (AvgIpc) is 2.53. The van der Waals surface area contributed by atoms with Gasteiger partial charge in [-0.25, -0.2) is 4.79 Å². The number of benzene rings is 1. The zero-order valence-electron chi connectivity index (χ0n) is 15.0. The van der Waals surface area contributed by atoms with Crippen LogP contribution in [-0.4, -0.2) is 60.1 Å². The summed E-state index contributed by atoms with van der Waals surface area (Å²) in [5.41, 5.74) is 0.517. The Labute approximate surface area is 154 Å². The summed E-state index contributed by atoms with van der Waals surface area (Å²) in [6.07, 6.45) is -0.292. The first-order chi connectivity index (χ1) is 11.7. The van der Waals surface area contributed by atoms with Crippen LogP contribution in [0.1, 0.15) is 26.3 Å². The molecule has 7 heteroatoms. The molecule has 0 aromatic heterocycles. The first kappa shape index (κ1) is 19.5. The third-order valence-corrected chi connectivity index (χ3v) is 4.05. The highest BCUT2D eigenvalue weighted by Crippen LogP contribution is 2.12. The van der Waals surface area contributed by atoms with Crippen molar-refractivity contribution in [3.05, 3.63) is 34.9 Å². The zero-order valence-corrected chi connectivity index (χ0v) is 15.8. The van der Waals surface area contributed by atoms with E-state index in [0.29, 0.717) is 44.3 Å². The lowest BCUT2D eigenvalue weighted by atomic mass is 10.2. The van der Waals surface area contributed by atoms with Crippen molar-refractivity contribution in [1.82, 2.24) is 15.1 Å². The number of piperazine rings is 1. The molecule has 6 nitrogen and oxygen atoms in total. The summed E-state index contributed by atoms with van der Waals surface area (Å²) in [6, 6.07) is 7.39. The van der Waals surface area contributed by atoms with Crippen molar-refractivity contribution in [3.8, 4) is 0 Å². The summed E-state index contributed by atoms with van der Waals surface area (Å²) in [5.74, 6) is -0.0272. The lowest BCUT2D eigenvalue weighted by molar-refractivity contribution is -0.122. The molecule has 2 rings (SSSR count). The molecule has 0 bridgehead atoms. The summed E-state index contributed by atoms with van der Waals surface area (Å²) < 4.78 is 5.37. The number of hydrogen-bond donors (Lipinski definition) is 1. The summed E-state index contributed by atoms with van der Waals surface area (Å²) in [7, 11) is 0. The Bertz CT molecular complexity index is 591. The van der Waals surface area contributed by atoms with E-state index >= 15 is 0 Å². The van der Waals surface area contributed by atoms with Gasteiger partial charge in [-0.3, -0.25) is 9.69 Å². The lowest BCUT2D eigenvalue weighted by Crippen LogP contribution is -2.52. The van der Waals surface area contributed by atoms with Gasteiger partial charge in [-0.1, -0.05) is 23.7 Å². The molecule has 0 unspecified atom stereocenters. The number of carbonyl (C=O) groups excluding carboxylic acids is 2. The summed E-state index contributed by atoms with van der Waals surface area (Å²) in [6.45, 7) is 8.83. The van der Waals surface area contributed by atoms with E-state index in [-0.39, 0.29) is 12.0 Å². The molecular weight excluding hydrogens is 342 g/mol. The standard InChI is InChI=1S/C18H26ClN3O3/c1-18(2,3)25-17(24)22-10-8-21(9-11-22)13-16(23)20-12-14-4-6-15(19)7-5-14/h4-7H,8-13H2,1-3H3,(H,20,23). The van der Waals surface area contributed by atoms with Gasteiger partial charge in [-0.15, -0.1) is 0 Å². The fourth-order valence-corrected chi connectivity index (χ4v) is 2.60. The van der Waals surface area contributed by atoms with Crippen LogP contribution in [0, 0.1) is 0 Å². The van der Waals surface area contributed by atoms with Gasteiger partial charge in [0.05, 0.1) is 6.54 Å². The Balaban J connectivity index is 1.69. The Morgan fingerprint density at radius 3 is 2.28 bits per heavy atom. The van der Waals surface area contributed by atoms with E-state index in [9.17, 15) is 9.59 Å². The number of nitrogens with one attached hydrogen (secondary N) is 1. The van der Waals surface area contributed by atoms with Gasteiger partial charge < -0.3 is 15.0 Å². The number of amides is 2. The van der Waals surface area contributed by atoms with Gasteiger partial charge in [0.1, 0.15) is 5.60 Å². The van der Waals surface area contributed by atoms with Crippen molar-refractivity contribution in [2.45, 2.75) is 32.9 Å². The first-order valence-corrected chi connectivity index (χ1v) is 8.82. The highest BCUT2D eigenvalue weighted by molar-refractivity contribution is 6.30. The van der Waals surface area contributed by atoms with E-state index in [1.54, 1.807) is 17.0 Å². The topological polar surface area (TPSA) is 61.9 Å². The molecule has 1 N–H and O–H groups in total. The van der Waals surface area contributed by atoms with Crippen LogP contribution in [0.25, 0.3) is 0 Å². The van der Waals surface area contributed by atoms with E-state index in [0.717, 1.165) is 5.56 Å². The van der Waals surface area contributed by atoms with Crippen LogP contribution in [0.4, 0.5) is 4.79 Å². The Morgan fingerprint density at radius 1 is 1.12 bits per heavy atom. The monoisotopic (exact) mass is 367 g/mol. The molecule has 1 saturated heterocycles. The smallest absolute Gasteiger partial charge is 0.410 e. The van der Waals surface area contributed by atoms with Crippen LogP contribution in [0.15, 0.2) is 24.3 Å². The quantitative estimate of drug-likeness (QED) is 0.888. The minimum absolute atomic E-state index is 0.0272. The lowest BCUT2D eigenvalue weighted by Gasteiger charge is -2.35. The highest BCUT2D eigenvalue weighted by Gasteiger charge is 2.26. The zero-order chi connectivity index (χ0) is 18.4. The maximum atomic E-state index is 12.1. The Hall–Kier alpha value is -1.79. The largest absolute Gasteiger partial charge is 0.444 e. The van der Waals surface area contributed by atoms with Gasteiger partial charge in [0.15, 0.2) is 0 Å². The van der Waals surface area contributed by atoms with Gasteiger partial charge in [0, 0.05) is 37.7 Å². The van der Waals surface area contributed by atoms with Crippen LogP contribution in [0.3, 0.4) is 0 Å². The molecule has 1 aliphatic heterocycles. The predicted octanol–water partition coefficient (Wildman–Crippen LogP) is 2.51. The molecule has 1 aliphatic rings. The van der Waals surface area contributed by atoms with Crippen molar-refractivity contribution in [3.63, 3.8) is 0 Å². The fraction of sp³-hybridized carbons (Fsp3) is 0.556. The van der Waals surface area contributed by atoms with E-state index in [2.05, 4.69) is 5.32 Å².